The number of nitrogens with zero attached hydrogens (tertiary/aromatic N) is 2. The van der Waals surface area contributed by atoms with E-state index in [9.17, 15) is 22.8 Å². The van der Waals surface area contributed by atoms with E-state index in [1.54, 1.807) is 13.0 Å². The average molecular weight is 451 g/mol. The number of urea groups is 1. The number of imide groups is 1. The minimum atomic E-state index is -3.66. The first-order valence-corrected chi connectivity index (χ1v) is 11.9. The van der Waals surface area contributed by atoms with E-state index >= 15 is 0 Å². The summed E-state index contributed by atoms with van der Waals surface area (Å²) in [6.07, 6.45) is 3.95. The number of hydrogen-bond acceptors (Lipinski definition) is 5. The summed E-state index contributed by atoms with van der Waals surface area (Å²) in [5.41, 5.74) is 0.0781. The van der Waals surface area contributed by atoms with Crippen LogP contribution in [-0.2, 0) is 19.6 Å². The van der Waals surface area contributed by atoms with Crippen LogP contribution in [0, 0.1) is 12.8 Å². The largest absolute Gasteiger partial charge is 0.325 e. The molecule has 2 N–H and O–H groups in total. The SMILES string of the molecule is CCC1CCC2(CC1)NC(=O)N(CC(=O)Nc1cc(S(=O)(=O)N(C)C)ccc1C)C2=O. The summed E-state index contributed by atoms with van der Waals surface area (Å²) in [4.78, 5) is 39.1. The molecule has 0 radical (unpaired) electrons. The van der Waals surface area contributed by atoms with Crippen molar-refractivity contribution < 1.29 is 22.8 Å². The summed E-state index contributed by atoms with van der Waals surface area (Å²) in [7, 11) is -0.813. The van der Waals surface area contributed by atoms with Crippen LogP contribution in [0.2, 0.25) is 0 Å². The second-order valence-corrected chi connectivity index (χ2v) is 10.7. The highest BCUT2D eigenvalue weighted by atomic mass is 32.2. The van der Waals surface area contributed by atoms with Gasteiger partial charge in [0.25, 0.3) is 5.91 Å². The molecule has 4 amide bonds. The fourth-order valence-electron chi connectivity index (χ4n) is 4.18. The number of carbonyl (C=O) groups excluding carboxylic acids is 3. The quantitative estimate of drug-likeness (QED) is 0.644. The monoisotopic (exact) mass is 450 g/mol. The van der Waals surface area contributed by atoms with Crippen LogP contribution >= 0.6 is 0 Å². The van der Waals surface area contributed by atoms with E-state index in [1.165, 1.54) is 26.2 Å². The van der Waals surface area contributed by atoms with Crippen molar-refractivity contribution in [1.29, 1.82) is 0 Å². The van der Waals surface area contributed by atoms with E-state index in [0.717, 1.165) is 28.5 Å². The van der Waals surface area contributed by atoms with Gasteiger partial charge in [0.05, 0.1) is 4.90 Å². The Kier molecular flexibility index (Phi) is 6.43. The maximum Gasteiger partial charge on any atom is 0.325 e. The Morgan fingerprint density at radius 1 is 1.26 bits per heavy atom. The van der Waals surface area contributed by atoms with Gasteiger partial charge in [-0.25, -0.2) is 17.5 Å². The lowest BCUT2D eigenvalue weighted by molar-refractivity contribution is -0.135. The first-order chi connectivity index (χ1) is 14.5. The van der Waals surface area contributed by atoms with Gasteiger partial charge in [0, 0.05) is 19.8 Å². The molecule has 0 aromatic heterocycles. The summed E-state index contributed by atoms with van der Waals surface area (Å²) in [6, 6.07) is 3.88. The number of sulfonamides is 1. The Morgan fingerprint density at radius 2 is 1.90 bits per heavy atom. The molecule has 10 heteroatoms. The van der Waals surface area contributed by atoms with Gasteiger partial charge in [0.2, 0.25) is 15.9 Å². The Morgan fingerprint density at radius 3 is 2.48 bits per heavy atom. The summed E-state index contributed by atoms with van der Waals surface area (Å²) < 4.78 is 25.8. The number of aryl methyl sites for hydroxylation is 1. The molecule has 170 valence electrons. The first-order valence-electron chi connectivity index (χ1n) is 10.5. The average Bonchev–Trinajstić information content (AvgIpc) is 2.94. The molecule has 0 bridgehead atoms. The summed E-state index contributed by atoms with van der Waals surface area (Å²) >= 11 is 0. The number of nitrogens with one attached hydrogen (secondary N) is 2. The Bertz CT molecular complexity index is 997. The third-order valence-electron chi connectivity index (χ3n) is 6.35. The second kappa shape index (κ2) is 8.58. The molecule has 31 heavy (non-hydrogen) atoms. The lowest BCUT2D eigenvalue weighted by Crippen LogP contribution is -2.49. The maximum atomic E-state index is 13.0. The highest BCUT2D eigenvalue weighted by Gasteiger charge is 2.52. The molecule has 2 fully saturated rings. The van der Waals surface area contributed by atoms with Crippen LogP contribution in [-0.4, -0.2) is 61.6 Å². The molecular weight excluding hydrogens is 420 g/mol. The molecular formula is C21H30N4O5S. The van der Waals surface area contributed by atoms with E-state index in [0.29, 0.717) is 30.0 Å². The van der Waals surface area contributed by atoms with Crippen molar-refractivity contribution in [1.82, 2.24) is 14.5 Å². The van der Waals surface area contributed by atoms with Crippen molar-refractivity contribution >= 4 is 33.6 Å². The third kappa shape index (κ3) is 4.45. The number of benzene rings is 1. The van der Waals surface area contributed by atoms with Gasteiger partial charge in [0.1, 0.15) is 12.1 Å². The summed E-state index contributed by atoms with van der Waals surface area (Å²) in [5.74, 6) is -0.366. The smallest absolute Gasteiger partial charge is 0.324 e. The van der Waals surface area contributed by atoms with E-state index in [-0.39, 0.29) is 10.8 Å². The normalized spacial score (nSPS) is 24.0. The van der Waals surface area contributed by atoms with Gasteiger partial charge in [-0.05, 0) is 56.2 Å². The molecule has 1 aliphatic carbocycles. The van der Waals surface area contributed by atoms with E-state index in [4.69, 9.17) is 0 Å². The second-order valence-electron chi connectivity index (χ2n) is 8.57. The molecule has 9 nitrogen and oxygen atoms in total. The Labute approximate surface area is 183 Å². The number of hydrogen-bond donors (Lipinski definition) is 2. The molecule has 2 aliphatic rings. The maximum absolute atomic E-state index is 13.0. The van der Waals surface area contributed by atoms with E-state index in [2.05, 4.69) is 17.6 Å². The van der Waals surface area contributed by atoms with Crippen LogP contribution in [0.15, 0.2) is 23.1 Å². The number of rotatable bonds is 6. The lowest BCUT2D eigenvalue weighted by Gasteiger charge is -2.34. The molecule has 3 rings (SSSR count). The molecule has 1 aliphatic heterocycles. The molecule has 1 saturated heterocycles. The van der Waals surface area contributed by atoms with Crippen LogP contribution in [0.4, 0.5) is 10.5 Å². The fourth-order valence-corrected chi connectivity index (χ4v) is 5.11. The Hall–Kier alpha value is -2.46. The van der Waals surface area contributed by atoms with E-state index < -0.39 is 34.0 Å². The highest BCUT2D eigenvalue weighted by Crippen LogP contribution is 2.37. The minimum absolute atomic E-state index is 0.0417. The molecule has 1 aromatic rings. The topological polar surface area (TPSA) is 116 Å². The molecule has 1 saturated carbocycles. The van der Waals surface area contributed by atoms with Crippen molar-refractivity contribution in [2.45, 2.75) is 56.4 Å². The standard InChI is InChI=1S/C21H30N4O5S/c1-5-15-8-10-21(11-9-15)19(27)25(20(28)23-21)13-18(26)22-17-12-16(7-6-14(17)2)31(29,30)24(3)4/h6-7,12,15H,5,8-11,13H2,1-4H3,(H,22,26)(H,23,28). The fraction of sp³-hybridized carbons (Fsp3) is 0.571. The van der Waals surface area contributed by atoms with Gasteiger partial charge in [-0.15, -0.1) is 0 Å². The predicted octanol–water partition coefficient (Wildman–Crippen LogP) is 2.07. The van der Waals surface area contributed by atoms with E-state index in [1.807, 2.05) is 0 Å². The van der Waals surface area contributed by atoms with Gasteiger partial charge < -0.3 is 10.6 Å². The van der Waals surface area contributed by atoms with Gasteiger partial charge in [0.15, 0.2) is 0 Å². The molecule has 1 spiro atoms. The van der Waals surface area contributed by atoms with Crippen molar-refractivity contribution in [2.75, 3.05) is 26.0 Å². The highest BCUT2D eigenvalue weighted by molar-refractivity contribution is 7.89. The predicted molar refractivity (Wildman–Crippen MR) is 116 cm³/mol. The number of amides is 4. The Balaban J connectivity index is 1.72. The zero-order valence-corrected chi connectivity index (χ0v) is 19.2. The molecule has 0 unspecified atom stereocenters. The van der Waals surface area contributed by atoms with Crippen LogP contribution < -0.4 is 10.6 Å². The van der Waals surface area contributed by atoms with Crippen LogP contribution in [0.5, 0.6) is 0 Å². The van der Waals surface area contributed by atoms with Gasteiger partial charge in [-0.1, -0.05) is 19.4 Å². The zero-order valence-electron chi connectivity index (χ0n) is 18.4. The summed E-state index contributed by atoms with van der Waals surface area (Å²) in [5, 5.41) is 5.45. The number of anilines is 1. The van der Waals surface area contributed by atoms with Crippen molar-refractivity contribution in [3.8, 4) is 0 Å². The molecule has 0 atom stereocenters. The van der Waals surface area contributed by atoms with Crippen LogP contribution in [0.25, 0.3) is 0 Å². The molecule has 1 aromatic carbocycles. The van der Waals surface area contributed by atoms with Crippen molar-refractivity contribution in [2.24, 2.45) is 5.92 Å². The van der Waals surface area contributed by atoms with Crippen molar-refractivity contribution in [3.05, 3.63) is 23.8 Å². The summed E-state index contributed by atoms with van der Waals surface area (Å²) in [6.45, 7) is 3.43. The van der Waals surface area contributed by atoms with Crippen molar-refractivity contribution in [3.63, 3.8) is 0 Å². The van der Waals surface area contributed by atoms with Gasteiger partial charge >= 0.3 is 6.03 Å². The minimum Gasteiger partial charge on any atom is -0.324 e. The van der Waals surface area contributed by atoms with Gasteiger partial charge in [-0.3, -0.25) is 14.5 Å². The van der Waals surface area contributed by atoms with Gasteiger partial charge in [-0.2, -0.15) is 0 Å². The molecule has 1 heterocycles. The number of carbonyl (C=O) groups is 3. The third-order valence-corrected chi connectivity index (χ3v) is 8.16. The van der Waals surface area contributed by atoms with Crippen LogP contribution in [0.1, 0.15) is 44.6 Å². The lowest BCUT2D eigenvalue weighted by atomic mass is 9.75. The zero-order chi connectivity index (χ0) is 23.0. The first kappa shape index (κ1) is 23.2. The van der Waals surface area contributed by atoms with Crippen LogP contribution in [0.3, 0.4) is 0 Å².